The molecular formula is C12H12F3NOS. The highest BCUT2D eigenvalue weighted by Crippen LogP contribution is 2.33. The van der Waals surface area contributed by atoms with Crippen LogP contribution in [0, 0.1) is 0 Å². The molecule has 2 nitrogen and oxygen atoms in total. The molecule has 0 amide bonds. The Morgan fingerprint density at radius 3 is 2.67 bits per heavy atom. The van der Waals surface area contributed by atoms with E-state index in [-0.39, 0.29) is 16.4 Å². The average molecular weight is 275 g/mol. The smallest absolute Gasteiger partial charge is 0.399 e. The first-order chi connectivity index (χ1) is 8.30. The largest absolute Gasteiger partial charge is 0.417 e. The van der Waals surface area contributed by atoms with E-state index < -0.39 is 11.7 Å². The van der Waals surface area contributed by atoms with Gasteiger partial charge in [-0.25, -0.2) is 0 Å². The van der Waals surface area contributed by atoms with Gasteiger partial charge < -0.3 is 5.73 Å². The number of hydrogen-bond donors (Lipinski definition) is 1. The van der Waals surface area contributed by atoms with Gasteiger partial charge in [0.2, 0.25) is 0 Å². The van der Waals surface area contributed by atoms with Crippen LogP contribution in [0.3, 0.4) is 0 Å². The second-order valence-corrected chi connectivity index (χ2v) is 4.75. The second kappa shape index (κ2) is 5.95. The summed E-state index contributed by atoms with van der Waals surface area (Å²) in [6.07, 6.45) is -1.58. The molecule has 0 spiro atoms. The molecule has 0 fully saturated rings. The first kappa shape index (κ1) is 14.6. The number of halogens is 3. The summed E-state index contributed by atoms with van der Waals surface area (Å²) in [4.78, 5) is 10.7. The van der Waals surface area contributed by atoms with Crippen LogP contribution in [0.2, 0.25) is 0 Å². The normalized spacial score (nSPS) is 12.0. The standard InChI is InChI=1S/C12H12F3NOS/c1-8(17)18-6-2-3-9-4-5-10(16)7-11(9)12(13,14)15/h2-5,7H,6,16H2,1H3. The molecule has 1 rings (SSSR count). The van der Waals surface area contributed by atoms with E-state index in [0.717, 1.165) is 17.8 Å². The van der Waals surface area contributed by atoms with Gasteiger partial charge in [-0.3, -0.25) is 4.79 Å². The monoisotopic (exact) mass is 275 g/mol. The molecule has 0 aliphatic heterocycles. The van der Waals surface area contributed by atoms with Gasteiger partial charge in [0.05, 0.1) is 5.56 Å². The van der Waals surface area contributed by atoms with Crippen molar-refractivity contribution in [3.8, 4) is 0 Å². The van der Waals surface area contributed by atoms with Crippen LogP contribution in [0.1, 0.15) is 18.1 Å². The molecule has 0 saturated heterocycles. The maximum absolute atomic E-state index is 12.7. The van der Waals surface area contributed by atoms with Crippen LogP contribution < -0.4 is 5.73 Å². The van der Waals surface area contributed by atoms with Crippen molar-refractivity contribution in [3.63, 3.8) is 0 Å². The third-order valence-electron chi connectivity index (χ3n) is 2.06. The molecule has 0 saturated carbocycles. The van der Waals surface area contributed by atoms with Crippen molar-refractivity contribution < 1.29 is 18.0 Å². The Morgan fingerprint density at radius 1 is 1.44 bits per heavy atom. The molecule has 98 valence electrons. The molecule has 0 unspecified atom stereocenters. The average Bonchev–Trinajstić information content (AvgIpc) is 2.24. The number of nitrogens with two attached hydrogens (primary N) is 1. The van der Waals surface area contributed by atoms with Crippen LogP contribution in [0.25, 0.3) is 6.08 Å². The van der Waals surface area contributed by atoms with E-state index in [1.807, 2.05) is 0 Å². The topological polar surface area (TPSA) is 43.1 Å². The Balaban J connectivity index is 2.92. The van der Waals surface area contributed by atoms with Gasteiger partial charge in [-0.2, -0.15) is 13.2 Å². The molecule has 6 heteroatoms. The van der Waals surface area contributed by atoms with Gasteiger partial charge in [0, 0.05) is 18.4 Å². The highest BCUT2D eigenvalue weighted by molar-refractivity contribution is 8.13. The molecule has 0 radical (unpaired) electrons. The quantitative estimate of drug-likeness (QED) is 0.857. The number of benzene rings is 1. The van der Waals surface area contributed by atoms with Crippen molar-refractivity contribution >= 4 is 28.6 Å². The fourth-order valence-corrected chi connectivity index (χ4v) is 1.73. The Bertz CT molecular complexity index is 469. The van der Waals surface area contributed by atoms with Gasteiger partial charge in [-0.1, -0.05) is 30.0 Å². The van der Waals surface area contributed by atoms with Crippen molar-refractivity contribution in [3.05, 3.63) is 35.4 Å². The minimum atomic E-state index is -4.44. The van der Waals surface area contributed by atoms with E-state index in [0.29, 0.717) is 5.75 Å². The maximum Gasteiger partial charge on any atom is 0.417 e. The van der Waals surface area contributed by atoms with E-state index in [9.17, 15) is 18.0 Å². The fourth-order valence-electron chi connectivity index (χ4n) is 1.31. The van der Waals surface area contributed by atoms with Crippen molar-refractivity contribution in [2.75, 3.05) is 11.5 Å². The van der Waals surface area contributed by atoms with Crippen molar-refractivity contribution in [1.82, 2.24) is 0 Å². The van der Waals surface area contributed by atoms with Gasteiger partial charge in [-0.15, -0.1) is 0 Å². The molecule has 1 aromatic rings. The molecule has 0 aliphatic rings. The minimum absolute atomic E-state index is 0.0425. The molecule has 2 N–H and O–H groups in total. The molecule has 18 heavy (non-hydrogen) atoms. The number of carbonyl (C=O) groups excluding carboxylic acids is 1. The third-order valence-corrected chi connectivity index (χ3v) is 2.83. The number of alkyl halides is 3. The highest BCUT2D eigenvalue weighted by Gasteiger charge is 2.32. The van der Waals surface area contributed by atoms with E-state index in [1.165, 1.54) is 31.2 Å². The summed E-state index contributed by atoms with van der Waals surface area (Å²) in [5.41, 5.74) is 4.68. The first-order valence-corrected chi connectivity index (χ1v) is 6.06. The van der Waals surface area contributed by atoms with Gasteiger partial charge in [-0.05, 0) is 17.7 Å². The summed E-state index contributed by atoms with van der Waals surface area (Å²) in [5.74, 6) is 0.344. The zero-order chi connectivity index (χ0) is 13.8. The highest BCUT2D eigenvalue weighted by atomic mass is 32.2. The molecule has 0 heterocycles. The number of carbonyl (C=O) groups is 1. The lowest BCUT2D eigenvalue weighted by molar-refractivity contribution is -0.137. The van der Waals surface area contributed by atoms with Gasteiger partial charge in [0.1, 0.15) is 0 Å². The van der Waals surface area contributed by atoms with Gasteiger partial charge in [0.25, 0.3) is 0 Å². The van der Waals surface area contributed by atoms with Crippen LogP contribution in [-0.4, -0.2) is 10.9 Å². The Hall–Kier alpha value is -1.43. The Morgan fingerprint density at radius 2 is 2.11 bits per heavy atom. The first-order valence-electron chi connectivity index (χ1n) is 5.07. The molecular weight excluding hydrogens is 263 g/mol. The molecule has 0 bridgehead atoms. The molecule has 0 atom stereocenters. The Kier molecular flexibility index (Phi) is 4.84. The number of hydrogen-bond acceptors (Lipinski definition) is 3. The van der Waals surface area contributed by atoms with Crippen molar-refractivity contribution in [2.24, 2.45) is 0 Å². The number of anilines is 1. The SMILES string of the molecule is CC(=O)SCC=Cc1ccc(N)cc1C(F)(F)F. The van der Waals surface area contributed by atoms with Gasteiger partial charge in [0.15, 0.2) is 5.12 Å². The van der Waals surface area contributed by atoms with Gasteiger partial charge >= 0.3 is 6.18 Å². The predicted molar refractivity (Wildman–Crippen MR) is 68.0 cm³/mol. The second-order valence-electron chi connectivity index (χ2n) is 3.55. The predicted octanol–water partition coefficient (Wildman–Crippen LogP) is 3.58. The lowest BCUT2D eigenvalue weighted by atomic mass is 10.1. The lowest BCUT2D eigenvalue weighted by Gasteiger charge is -2.10. The minimum Gasteiger partial charge on any atom is -0.399 e. The zero-order valence-corrected chi connectivity index (χ0v) is 10.4. The van der Waals surface area contributed by atoms with E-state index in [2.05, 4.69) is 0 Å². The van der Waals surface area contributed by atoms with E-state index >= 15 is 0 Å². The number of thioether (sulfide) groups is 1. The van der Waals surface area contributed by atoms with E-state index in [1.54, 1.807) is 0 Å². The summed E-state index contributed by atoms with van der Waals surface area (Å²) in [6, 6.07) is 3.62. The summed E-state index contributed by atoms with van der Waals surface area (Å²) in [6.45, 7) is 1.41. The molecule has 0 aromatic heterocycles. The lowest BCUT2D eigenvalue weighted by Crippen LogP contribution is -2.08. The summed E-state index contributed by atoms with van der Waals surface area (Å²) < 4.78 is 38.2. The van der Waals surface area contributed by atoms with E-state index in [4.69, 9.17) is 5.73 Å². The number of nitrogen functional groups attached to an aromatic ring is 1. The van der Waals surface area contributed by atoms with Crippen LogP contribution in [0.4, 0.5) is 18.9 Å². The van der Waals surface area contributed by atoms with Crippen LogP contribution in [-0.2, 0) is 11.0 Å². The zero-order valence-electron chi connectivity index (χ0n) is 9.62. The summed E-state index contributed by atoms with van der Waals surface area (Å²) in [5, 5.41) is -0.0759. The third kappa shape index (κ3) is 4.44. The summed E-state index contributed by atoms with van der Waals surface area (Å²) >= 11 is 1.04. The van der Waals surface area contributed by atoms with Crippen molar-refractivity contribution in [1.29, 1.82) is 0 Å². The molecule has 0 aliphatic carbocycles. The van der Waals surface area contributed by atoms with Crippen LogP contribution >= 0.6 is 11.8 Å². The summed E-state index contributed by atoms with van der Waals surface area (Å²) in [7, 11) is 0. The van der Waals surface area contributed by atoms with Crippen LogP contribution in [0.15, 0.2) is 24.3 Å². The maximum atomic E-state index is 12.7. The number of rotatable bonds is 3. The van der Waals surface area contributed by atoms with Crippen molar-refractivity contribution in [2.45, 2.75) is 13.1 Å². The molecule has 1 aromatic carbocycles. The Labute approximate surface area is 107 Å². The fraction of sp³-hybridized carbons (Fsp3) is 0.250. The van der Waals surface area contributed by atoms with Crippen LogP contribution in [0.5, 0.6) is 0 Å².